The monoisotopic (exact) mass is 748 g/mol. The van der Waals surface area contributed by atoms with Crippen LogP contribution in [0.5, 0.6) is 0 Å². The van der Waals surface area contributed by atoms with Crippen molar-refractivity contribution in [3.05, 3.63) is 197 Å². The summed E-state index contributed by atoms with van der Waals surface area (Å²) in [5, 5.41) is 4.62. The molecule has 0 atom stereocenters. The highest BCUT2D eigenvalue weighted by Crippen LogP contribution is 2.39. The summed E-state index contributed by atoms with van der Waals surface area (Å²) in [6.45, 7) is 13.5. The lowest BCUT2D eigenvalue weighted by atomic mass is 9.33. The van der Waals surface area contributed by atoms with Gasteiger partial charge in [0.2, 0.25) is 12.7 Å². The number of rotatable bonds is 8. The summed E-state index contributed by atoms with van der Waals surface area (Å²) in [4.78, 5) is 17.9. The molecule has 0 bridgehead atoms. The van der Waals surface area contributed by atoms with Gasteiger partial charge in [-0.15, -0.1) is 0 Å². The fourth-order valence-corrected chi connectivity index (χ4v) is 9.08. The topological polar surface area (TPSA) is 41.9 Å². The molecule has 0 fully saturated rings. The smallest absolute Gasteiger partial charge is 0.243 e. The second-order valence-electron chi connectivity index (χ2n) is 15.7. The maximum atomic E-state index is 5.29. The Hall–Kier alpha value is -6.85. The molecule has 1 heterocycles. The van der Waals surface area contributed by atoms with Crippen molar-refractivity contribution in [3.63, 3.8) is 0 Å². The zero-order valence-corrected chi connectivity index (χ0v) is 34.0. The molecule has 0 aliphatic carbocycles. The van der Waals surface area contributed by atoms with Crippen molar-refractivity contribution < 1.29 is 0 Å². The Labute approximate surface area is 342 Å². The Kier molecular flexibility index (Phi) is 9.67. The van der Waals surface area contributed by atoms with E-state index < -0.39 is 0 Å². The first kappa shape index (κ1) is 36.8. The van der Waals surface area contributed by atoms with E-state index in [1.165, 1.54) is 60.5 Å². The maximum Gasteiger partial charge on any atom is 0.243 e. The third-order valence-corrected chi connectivity index (χ3v) is 11.4. The van der Waals surface area contributed by atoms with Crippen LogP contribution in [-0.4, -0.2) is 21.7 Å². The standard InChI is InChI=1S/C53H45BN4/c1-34-29-36(3)49(37(4)30-34)54(50-38(5)31-35(2)32-39(50)6)47-27-28-48(46-24-16-15-23-45(46)47)58(44-26-25-40-17-13-14-22-43(40)33-44)53-56-51(41-18-9-7-10-19-41)55-52(57-53)42-20-11-8-12-21-42/h7-33H,1-6H3. The molecule has 9 aromatic rings. The van der Waals surface area contributed by atoms with E-state index in [1.54, 1.807) is 0 Å². The Morgan fingerprint density at radius 1 is 0.414 bits per heavy atom. The first-order chi connectivity index (χ1) is 28.2. The molecule has 0 aliphatic heterocycles. The molecule has 0 aliphatic rings. The van der Waals surface area contributed by atoms with E-state index in [9.17, 15) is 0 Å². The van der Waals surface area contributed by atoms with E-state index in [0.717, 1.165) is 33.3 Å². The van der Waals surface area contributed by atoms with Crippen LogP contribution >= 0.6 is 0 Å². The first-order valence-electron chi connectivity index (χ1n) is 20.1. The van der Waals surface area contributed by atoms with Gasteiger partial charge in [-0.05, 0) is 75.9 Å². The van der Waals surface area contributed by atoms with Crippen molar-refractivity contribution in [2.75, 3.05) is 4.90 Å². The molecule has 0 saturated heterocycles. The average Bonchev–Trinajstić information content (AvgIpc) is 3.23. The highest BCUT2D eigenvalue weighted by atomic mass is 15.3. The van der Waals surface area contributed by atoms with Crippen LogP contribution in [0.4, 0.5) is 17.3 Å². The van der Waals surface area contributed by atoms with Crippen molar-refractivity contribution in [2.24, 2.45) is 0 Å². The summed E-state index contributed by atoms with van der Waals surface area (Å²) in [6, 6.07) is 58.3. The van der Waals surface area contributed by atoms with E-state index in [1.807, 2.05) is 36.4 Å². The predicted molar refractivity (Wildman–Crippen MR) is 246 cm³/mol. The summed E-state index contributed by atoms with van der Waals surface area (Å²) >= 11 is 0. The van der Waals surface area contributed by atoms with Crippen molar-refractivity contribution in [3.8, 4) is 22.8 Å². The van der Waals surface area contributed by atoms with Crippen LogP contribution < -0.4 is 21.3 Å². The van der Waals surface area contributed by atoms with Gasteiger partial charge in [0.15, 0.2) is 11.6 Å². The molecule has 1 aromatic heterocycles. The van der Waals surface area contributed by atoms with Gasteiger partial charge in [-0.3, -0.25) is 4.90 Å². The highest BCUT2D eigenvalue weighted by molar-refractivity contribution is 6.98. The number of anilines is 3. The number of aryl methyl sites for hydroxylation is 6. The molecular weight excluding hydrogens is 703 g/mol. The number of hydrogen-bond acceptors (Lipinski definition) is 4. The van der Waals surface area contributed by atoms with E-state index in [2.05, 4.69) is 174 Å². The summed E-state index contributed by atoms with van der Waals surface area (Å²) in [5.41, 5.74) is 15.6. The van der Waals surface area contributed by atoms with Crippen LogP contribution in [0.3, 0.4) is 0 Å². The van der Waals surface area contributed by atoms with Crippen molar-refractivity contribution in [1.82, 2.24) is 15.0 Å². The van der Waals surface area contributed by atoms with Gasteiger partial charge >= 0.3 is 0 Å². The minimum atomic E-state index is 0.0146. The van der Waals surface area contributed by atoms with Crippen LogP contribution in [-0.2, 0) is 0 Å². The lowest BCUT2D eigenvalue weighted by Crippen LogP contribution is -2.56. The SMILES string of the molecule is Cc1cc(C)c(B(c2c(C)cc(C)cc2C)c2ccc(N(c3ccc4ccccc4c3)c3nc(-c4ccccc4)nc(-c4ccccc4)n3)c3ccccc23)c(C)c1. The van der Waals surface area contributed by atoms with Gasteiger partial charge in [0.25, 0.3) is 0 Å². The molecule has 9 rings (SSSR count). The van der Waals surface area contributed by atoms with Crippen LogP contribution in [0.25, 0.3) is 44.3 Å². The second-order valence-corrected chi connectivity index (χ2v) is 15.7. The minimum Gasteiger partial charge on any atom is -0.278 e. The Balaban J connectivity index is 1.34. The third kappa shape index (κ3) is 6.83. The zero-order chi connectivity index (χ0) is 39.9. The van der Waals surface area contributed by atoms with E-state index >= 15 is 0 Å². The van der Waals surface area contributed by atoms with Crippen LogP contribution in [0, 0.1) is 41.5 Å². The fraction of sp³-hybridized carbons (Fsp3) is 0.113. The molecule has 5 heteroatoms. The van der Waals surface area contributed by atoms with Crippen molar-refractivity contribution in [2.45, 2.75) is 41.5 Å². The second kappa shape index (κ2) is 15.2. The molecule has 0 radical (unpaired) electrons. The van der Waals surface area contributed by atoms with Gasteiger partial charge in [0.1, 0.15) is 0 Å². The normalized spacial score (nSPS) is 11.3. The van der Waals surface area contributed by atoms with Gasteiger partial charge in [-0.2, -0.15) is 9.97 Å². The fourth-order valence-electron chi connectivity index (χ4n) is 9.08. The Morgan fingerprint density at radius 2 is 0.897 bits per heavy atom. The number of hydrogen-bond donors (Lipinski definition) is 0. The van der Waals surface area contributed by atoms with Crippen LogP contribution in [0.2, 0.25) is 0 Å². The molecule has 0 N–H and O–H groups in total. The Bertz CT molecular complexity index is 2820. The van der Waals surface area contributed by atoms with E-state index in [0.29, 0.717) is 17.6 Å². The summed E-state index contributed by atoms with van der Waals surface area (Å²) in [5.74, 6) is 1.78. The van der Waals surface area contributed by atoms with Gasteiger partial charge in [0.05, 0.1) is 5.69 Å². The lowest BCUT2D eigenvalue weighted by molar-refractivity contribution is 1.03. The molecule has 0 saturated carbocycles. The highest BCUT2D eigenvalue weighted by Gasteiger charge is 2.31. The molecule has 8 aromatic carbocycles. The first-order valence-corrected chi connectivity index (χ1v) is 20.1. The number of aromatic nitrogens is 3. The van der Waals surface area contributed by atoms with Crippen molar-refractivity contribution in [1.29, 1.82) is 0 Å². The Morgan fingerprint density at radius 3 is 1.45 bits per heavy atom. The van der Waals surface area contributed by atoms with Crippen LogP contribution in [0.15, 0.2) is 164 Å². The molecular formula is C53H45BN4. The van der Waals surface area contributed by atoms with Gasteiger partial charge in [-0.25, -0.2) is 4.98 Å². The number of fused-ring (bicyclic) bond motifs is 2. The molecule has 280 valence electrons. The summed E-state index contributed by atoms with van der Waals surface area (Å²) in [6.07, 6.45) is 0. The van der Waals surface area contributed by atoms with Gasteiger partial charge in [0, 0.05) is 22.2 Å². The predicted octanol–water partition coefficient (Wildman–Crippen LogP) is 11.3. The van der Waals surface area contributed by atoms with Gasteiger partial charge < -0.3 is 0 Å². The third-order valence-electron chi connectivity index (χ3n) is 11.4. The van der Waals surface area contributed by atoms with E-state index in [4.69, 9.17) is 15.0 Å². The van der Waals surface area contributed by atoms with Crippen molar-refractivity contribution >= 4 is 62.0 Å². The summed E-state index contributed by atoms with van der Waals surface area (Å²) < 4.78 is 0. The molecule has 0 spiro atoms. The largest absolute Gasteiger partial charge is 0.278 e. The van der Waals surface area contributed by atoms with E-state index in [-0.39, 0.29) is 6.71 Å². The van der Waals surface area contributed by atoms with Crippen LogP contribution in [0.1, 0.15) is 33.4 Å². The average molecular weight is 749 g/mol. The minimum absolute atomic E-state index is 0.0146. The molecule has 0 amide bonds. The maximum absolute atomic E-state index is 5.29. The summed E-state index contributed by atoms with van der Waals surface area (Å²) in [7, 11) is 0. The lowest BCUT2D eigenvalue weighted by Gasteiger charge is -2.29. The van der Waals surface area contributed by atoms with Gasteiger partial charge in [-0.1, -0.05) is 195 Å². The quantitative estimate of drug-likeness (QED) is 0.145. The molecule has 0 unspecified atom stereocenters. The molecule has 4 nitrogen and oxygen atoms in total. The molecule has 58 heavy (non-hydrogen) atoms. The number of benzene rings is 8. The number of nitrogens with zero attached hydrogens (tertiary/aromatic N) is 4. The zero-order valence-electron chi connectivity index (χ0n) is 34.0.